The molecular weight excluding hydrogens is 270 g/mol. The monoisotopic (exact) mass is 295 g/mol. The van der Waals surface area contributed by atoms with E-state index >= 15 is 0 Å². The van der Waals surface area contributed by atoms with Crippen LogP contribution in [0.1, 0.15) is 12.8 Å². The summed E-state index contributed by atoms with van der Waals surface area (Å²) < 4.78 is 0. The molecule has 1 unspecified atom stereocenters. The minimum Gasteiger partial charge on any atom is -0.480 e. The first-order chi connectivity index (χ1) is 9.38. The summed E-state index contributed by atoms with van der Waals surface area (Å²) in [5, 5.41) is 33.7. The van der Waals surface area contributed by atoms with Crippen molar-refractivity contribution in [2.75, 3.05) is 39.5 Å². The highest BCUT2D eigenvalue weighted by atomic mass is 16.4. The number of carboxylic acid groups (broad SMARTS) is 1. The molecule has 0 bridgehead atoms. The normalized spacial score (nSPS) is 11.7. The average Bonchev–Trinajstić information content (AvgIpc) is 2.37. The highest BCUT2D eigenvalue weighted by Gasteiger charge is 2.11. The van der Waals surface area contributed by atoms with E-state index in [1.807, 2.05) is 0 Å². The van der Waals surface area contributed by atoms with E-state index in [2.05, 4.69) is 0 Å². The van der Waals surface area contributed by atoms with E-state index in [0.29, 0.717) is 19.6 Å². The average molecular weight is 295 g/mol. The van der Waals surface area contributed by atoms with Crippen LogP contribution in [0.2, 0.25) is 0 Å². The third kappa shape index (κ3) is 14.8. The van der Waals surface area contributed by atoms with E-state index in [-0.39, 0.29) is 32.7 Å². The van der Waals surface area contributed by atoms with Crippen LogP contribution in [0.5, 0.6) is 0 Å². The van der Waals surface area contributed by atoms with Gasteiger partial charge in [0.2, 0.25) is 5.91 Å². The molecule has 9 heteroatoms. The summed E-state index contributed by atoms with van der Waals surface area (Å²) in [5.41, 5.74) is 9.81. The fraction of sp³-hybridized carbons (Fsp3) is 0.818. The van der Waals surface area contributed by atoms with Crippen LogP contribution in [0.25, 0.3) is 0 Å². The zero-order chi connectivity index (χ0) is 16.0. The number of nitrogens with two attached hydrogens (primary N) is 2. The lowest BCUT2D eigenvalue weighted by Crippen LogP contribution is -2.32. The largest absolute Gasteiger partial charge is 0.480 e. The maximum Gasteiger partial charge on any atom is 0.320 e. The highest BCUT2D eigenvalue weighted by molar-refractivity contribution is 5.76. The number of rotatable bonds is 10. The number of hydrogen-bond donors (Lipinski definition) is 6. The minimum absolute atomic E-state index is 0.0213. The van der Waals surface area contributed by atoms with Gasteiger partial charge in [0.25, 0.3) is 0 Å². The Morgan fingerprint density at radius 3 is 1.65 bits per heavy atom. The first-order valence-electron chi connectivity index (χ1n) is 6.20. The molecule has 0 aromatic carbocycles. The number of aliphatic hydroxyl groups is 3. The lowest BCUT2D eigenvalue weighted by Gasteiger charge is -2.17. The number of amides is 1. The van der Waals surface area contributed by atoms with Crippen LogP contribution in [0.3, 0.4) is 0 Å². The Kier molecular flexibility index (Phi) is 14.9. The number of carbonyl (C=O) groups is 2. The SMILES string of the molecule is NC(=O)CCC(N)C(=O)O.OCCN(CCO)CCO. The molecule has 1 atom stereocenters. The van der Waals surface area contributed by atoms with E-state index in [0.717, 1.165) is 0 Å². The third-order valence-electron chi connectivity index (χ3n) is 2.27. The van der Waals surface area contributed by atoms with Gasteiger partial charge in [-0.05, 0) is 6.42 Å². The zero-order valence-electron chi connectivity index (χ0n) is 11.4. The van der Waals surface area contributed by atoms with Gasteiger partial charge in [-0.15, -0.1) is 0 Å². The summed E-state index contributed by atoms with van der Waals surface area (Å²) in [6.45, 7) is 1.75. The molecule has 1 amide bonds. The maximum atomic E-state index is 10.1. The van der Waals surface area contributed by atoms with Crippen LogP contribution in [-0.2, 0) is 9.59 Å². The summed E-state index contributed by atoms with van der Waals surface area (Å²) >= 11 is 0. The number of carboxylic acids is 1. The second-order valence-electron chi connectivity index (χ2n) is 3.96. The van der Waals surface area contributed by atoms with Gasteiger partial charge in [0.15, 0.2) is 0 Å². The molecule has 0 saturated carbocycles. The van der Waals surface area contributed by atoms with Crippen LogP contribution in [-0.4, -0.2) is 82.7 Å². The zero-order valence-corrected chi connectivity index (χ0v) is 11.4. The number of hydrogen-bond acceptors (Lipinski definition) is 7. The molecule has 0 aliphatic carbocycles. The number of aliphatic hydroxyl groups excluding tert-OH is 3. The highest BCUT2D eigenvalue weighted by Crippen LogP contribution is 1.92. The topological polar surface area (TPSA) is 170 Å². The number of aliphatic carboxylic acids is 1. The first-order valence-corrected chi connectivity index (χ1v) is 6.20. The van der Waals surface area contributed by atoms with E-state index in [1.54, 1.807) is 4.90 Å². The Balaban J connectivity index is 0. The molecule has 0 fully saturated rings. The quantitative estimate of drug-likeness (QED) is 0.246. The Bertz CT molecular complexity index is 250. The Hall–Kier alpha value is -1.26. The molecule has 0 rings (SSSR count). The molecule has 0 aliphatic rings. The summed E-state index contributed by atoms with van der Waals surface area (Å²) in [5.74, 6) is -1.64. The maximum absolute atomic E-state index is 10.1. The van der Waals surface area contributed by atoms with Gasteiger partial charge < -0.3 is 31.9 Å². The molecule has 20 heavy (non-hydrogen) atoms. The van der Waals surface area contributed by atoms with E-state index < -0.39 is 17.9 Å². The molecule has 0 heterocycles. The summed E-state index contributed by atoms with van der Waals surface area (Å²) in [6.07, 6.45) is 0.123. The Morgan fingerprint density at radius 1 is 1.00 bits per heavy atom. The van der Waals surface area contributed by atoms with Crippen LogP contribution in [0.4, 0.5) is 0 Å². The second kappa shape index (κ2) is 14.2. The molecular formula is C11H25N3O6. The van der Waals surface area contributed by atoms with E-state index in [1.165, 1.54) is 0 Å². The number of carbonyl (C=O) groups excluding carboxylic acids is 1. The molecule has 120 valence electrons. The van der Waals surface area contributed by atoms with Crippen LogP contribution in [0, 0.1) is 0 Å². The minimum atomic E-state index is -1.11. The van der Waals surface area contributed by atoms with Gasteiger partial charge in [-0.1, -0.05) is 0 Å². The fourth-order valence-corrected chi connectivity index (χ4v) is 1.18. The molecule has 0 spiro atoms. The molecule has 8 N–H and O–H groups in total. The van der Waals surface area contributed by atoms with Crippen LogP contribution >= 0.6 is 0 Å². The molecule has 0 aromatic heterocycles. The van der Waals surface area contributed by atoms with Crippen molar-refractivity contribution in [3.05, 3.63) is 0 Å². The predicted octanol–water partition coefficient (Wildman–Crippen LogP) is -3.07. The van der Waals surface area contributed by atoms with Gasteiger partial charge in [0.1, 0.15) is 6.04 Å². The smallest absolute Gasteiger partial charge is 0.320 e. The lowest BCUT2D eigenvalue weighted by molar-refractivity contribution is -0.138. The number of primary amides is 1. The fourth-order valence-electron chi connectivity index (χ4n) is 1.18. The second-order valence-corrected chi connectivity index (χ2v) is 3.96. The van der Waals surface area contributed by atoms with Crippen molar-refractivity contribution >= 4 is 11.9 Å². The van der Waals surface area contributed by atoms with Crippen molar-refractivity contribution in [3.8, 4) is 0 Å². The van der Waals surface area contributed by atoms with Gasteiger partial charge in [0, 0.05) is 26.1 Å². The van der Waals surface area contributed by atoms with Crippen molar-refractivity contribution in [3.63, 3.8) is 0 Å². The van der Waals surface area contributed by atoms with E-state index in [9.17, 15) is 9.59 Å². The van der Waals surface area contributed by atoms with Gasteiger partial charge in [0.05, 0.1) is 19.8 Å². The lowest BCUT2D eigenvalue weighted by atomic mass is 10.2. The Labute approximate surface area is 117 Å². The van der Waals surface area contributed by atoms with Gasteiger partial charge in [-0.25, -0.2) is 0 Å². The summed E-state index contributed by atoms with van der Waals surface area (Å²) in [4.78, 5) is 21.9. The first kappa shape index (κ1) is 21.0. The van der Waals surface area contributed by atoms with Crippen molar-refractivity contribution in [2.45, 2.75) is 18.9 Å². The van der Waals surface area contributed by atoms with Crippen molar-refractivity contribution in [1.82, 2.24) is 4.90 Å². The van der Waals surface area contributed by atoms with Gasteiger partial charge in [-0.3, -0.25) is 14.5 Å². The van der Waals surface area contributed by atoms with E-state index in [4.69, 9.17) is 31.9 Å². The summed E-state index contributed by atoms with van der Waals surface area (Å²) in [6, 6.07) is -0.979. The van der Waals surface area contributed by atoms with Crippen molar-refractivity contribution in [1.29, 1.82) is 0 Å². The molecule has 9 nitrogen and oxygen atoms in total. The van der Waals surface area contributed by atoms with Crippen LogP contribution < -0.4 is 11.5 Å². The molecule has 0 aliphatic heterocycles. The Morgan fingerprint density at radius 2 is 1.40 bits per heavy atom. The van der Waals surface area contributed by atoms with Crippen molar-refractivity contribution in [2.24, 2.45) is 11.5 Å². The standard InChI is InChI=1S/C6H15NO3.C5H10N2O3/c8-4-1-7(2-5-9)3-6-10;6-3(5(9)10)1-2-4(7)8/h8-10H,1-6H2;3H,1-2,6H2,(H2,7,8)(H,9,10). The molecule has 0 aromatic rings. The van der Waals surface area contributed by atoms with Crippen molar-refractivity contribution < 1.29 is 30.0 Å². The van der Waals surface area contributed by atoms with Gasteiger partial charge in [-0.2, -0.15) is 0 Å². The predicted molar refractivity (Wildman–Crippen MR) is 71.7 cm³/mol. The molecule has 0 radical (unpaired) electrons. The third-order valence-corrected chi connectivity index (χ3v) is 2.27. The molecule has 0 saturated heterocycles. The van der Waals surface area contributed by atoms with Gasteiger partial charge >= 0.3 is 5.97 Å². The number of nitrogens with zero attached hydrogens (tertiary/aromatic N) is 1. The summed E-state index contributed by atoms with van der Waals surface area (Å²) in [7, 11) is 0. The van der Waals surface area contributed by atoms with Crippen LogP contribution in [0.15, 0.2) is 0 Å².